The van der Waals surface area contributed by atoms with Gasteiger partial charge in [-0.2, -0.15) is 0 Å². The van der Waals surface area contributed by atoms with E-state index in [1.54, 1.807) is 18.2 Å². The first kappa shape index (κ1) is 15.5. The number of hydrogen-bond acceptors (Lipinski definition) is 2. The summed E-state index contributed by atoms with van der Waals surface area (Å²) in [7, 11) is 0. The van der Waals surface area contributed by atoms with Gasteiger partial charge in [0.1, 0.15) is 11.5 Å². The van der Waals surface area contributed by atoms with Gasteiger partial charge in [0.15, 0.2) is 0 Å². The summed E-state index contributed by atoms with van der Waals surface area (Å²) in [5, 5.41) is 2.93. The first-order valence-electron chi connectivity index (χ1n) is 6.54. The number of carbonyl (C=O) groups is 2. The van der Waals surface area contributed by atoms with Crippen molar-refractivity contribution in [1.29, 1.82) is 0 Å². The van der Waals surface area contributed by atoms with Gasteiger partial charge in [-0.3, -0.25) is 4.79 Å². The number of urea groups is 1. The van der Waals surface area contributed by atoms with E-state index in [1.807, 2.05) is 0 Å². The minimum Gasteiger partial charge on any atom is -0.302 e. The van der Waals surface area contributed by atoms with E-state index in [-0.39, 0.29) is 16.3 Å². The number of halogens is 3. The van der Waals surface area contributed by atoms with Gasteiger partial charge in [0.25, 0.3) is 5.91 Å². The van der Waals surface area contributed by atoms with Crippen LogP contribution in [0.15, 0.2) is 48.2 Å². The molecule has 3 rings (SSSR count). The fourth-order valence-electron chi connectivity index (χ4n) is 2.18. The lowest BCUT2D eigenvalue weighted by molar-refractivity contribution is -0.113. The summed E-state index contributed by atoms with van der Waals surface area (Å²) in [5.74, 6) is -1.20. The highest BCUT2D eigenvalue weighted by Gasteiger charge is 2.35. The van der Waals surface area contributed by atoms with Gasteiger partial charge in [-0.1, -0.05) is 35.3 Å². The highest BCUT2D eigenvalue weighted by molar-refractivity contribution is 6.33. The van der Waals surface area contributed by atoms with Crippen LogP contribution in [0.5, 0.6) is 0 Å². The number of amides is 3. The first-order valence-corrected chi connectivity index (χ1v) is 7.29. The fraction of sp³-hybridized carbons (Fsp3) is 0. The summed E-state index contributed by atoms with van der Waals surface area (Å²) in [6.07, 6.45) is 1.21. The highest BCUT2D eigenvalue weighted by Crippen LogP contribution is 2.27. The monoisotopic (exact) mass is 350 g/mol. The Morgan fingerprint density at radius 2 is 1.83 bits per heavy atom. The summed E-state index contributed by atoms with van der Waals surface area (Å²) in [6.45, 7) is 0. The molecule has 0 aliphatic carbocycles. The number of nitrogens with zero attached hydrogens (tertiary/aromatic N) is 1. The van der Waals surface area contributed by atoms with Crippen molar-refractivity contribution in [3.63, 3.8) is 0 Å². The molecule has 0 atom stereocenters. The molecule has 0 radical (unpaired) electrons. The average Bonchev–Trinajstić information content (AvgIpc) is 2.77. The van der Waals surface area contributed by atoms with Crippen molar-refractivity contribution in [2.24, 2.45) is 0 Å². The topological polar surface area (TPSA) is 49.4 Å². The maximum atomic E-state index is 13.8. The van der Waals surface area contributed by atoms with E-state index in [1.165, 1.54) is 30.3 Å². The Morgan fingerprint density at radius 1 is 1.09 bits per heavy atom. The Hall–Kier alpha value is -2.37. The summed E-state index contributed by atoms with van der Waals surface area (Å²) < 4.78 is 13.8. The molecule has 1 aliphatic rings. The van der Waals surface area contributed by atoms with Gasteiger partial charge in [-0.15, -0.1) is 0 Å². The molecule has 116 valence electrons. The van der Waals surface area contributed by atoms with Crippen LogP contribution in [0.25, 0.3) is 6.08 Å². The molecule has 2 aromatic carbocycles. The third-order valence-corrected chi connectivity index (χ3v) is 3.80. The zero-order valence-corrected chi connectivity index (χ0v) is 13.0. The minimum atomic E-state index is -0.643. The predicted octanol–water partition coefficient (Wildman–Crippen LogP) is 4.23. The minimum absolute atomic E-state index is 0.0331. The van der Waals surface area contributed by atoms with E-state index in [0.717, 1.165) is 4.90 Å². The van der Waals surface area contributed by atoms with E-state index >= 15 is 0 Å². The zero-order chi connectivity index (χ0) is 16.6. The number of anilines is 1. The van der Waals surface area contributed by atoms with Crippen molar-refractivity contribution in [1.82, 2.24) is 5.32 Å². The number of benzene rings is 2. The molecule has 1 heterocycles. The van der Waals surface area contributed by atoms with E-state index in [0.29, 0.717) is 10.7 Å². The van der Waals surface area contributed by atoms with Crippen LogP contribution in [0.3, 0.4) is 0 Å². The van der Waals surface area contributed by atoms with Crippen molar-refractivity contribution in [2.45, 2.75) is 0 Å². The smallest absolute Gasteiger partial charge is 0.302 e. The second kappa shape index (κ2) is 6.02. The molecule has 0 saturated carbocycles. The average molecular weight is 351 g/mol. The molecule has 2 aromatic rings. The van der Waals surface area contributed by atoms with E-state index in [2.05, 4.69) is 5.32 Å². The predicted molar refractivity (Wildman–Crippen MR) is 86.9 cm³/mol. The van der Waals surface area contributed by atoms with Crippen LogP contribution >= 0.6 is 23.2 Å². The van der Waals surface area contributed by atoms with Crippen LogP contribution in [-0.4, -0.2) is 11.9 Å². The van der Waals surface area contributed by atoms with Gasteiger partial charge in [0.05, 0.1) is 10.7 Å². The van der Waals surface area contributed by atoms with Gasteiger partial charge in [0.2, 0.25) is 0 Å². The summed E-state index contributed by atoms with van der Waals surface area (Å²) in [4.78, 5) is 25.4. The second-order valence-corrected chi connectivity index (χ2v) is 5.59. The van der Waals surface area contributed by atoms with Crippen molar-refractivity contribution in [3.8, 4) is 0 Å². The van der Waals surface area contributed by atoms with Crippen LogP contribution in [-0.2, 0) is 4.79 Å². The number of rotatable bonds is 2. The third kappa shape index (κ3) is 2.93. The van der Waals surface area contributed by atoms with Crippen LogP contribution in [0.2, 0.25) is 10.0 Å². The Labute approximate surface area is 141 Å². The summed E-state index contributed by atoms with van der Waals surface area (Å²) in [5.41, 5.74) is 0.288. The van der Waals surface area contributed by atoms with Crippen LogP contribution in [0.1, 0.15) is 5.56 Å². The molecular formula is C16H9Cl2FN2O2. The lowest BCUT2D eigenvalue weighted by Crippen LogP contribution is -2.30. The fourth-order valence-corrected chi connectivity index (χ4v) is 2.58. The van der Waals surface area contributed by atoms with Crippen molar-refractivity contribution in [2.75, 3.05) is 4.90 Å². The molecule has 0 spiro atoms. The van der Waals surface area contributed by atoms with Crippen LogP contribution in [0.4, 0.5) is 14.9 Å². The molecular weight excluding hydrogens is 342 g/mol. The van der Waals surface area contributed by atoms with E-state index in [9.17, 15) is 14.0 Å². The highest BCUT2D eigenvalue weighted by atomic mass is 35.5. The van der Waals surface area contributed by atoms with Gasteiger partial charge in [-0.05, 0) is 36.4 Å². The molecule has 1 fully saturated rings. The van der Waals surface area contributed by atoms with E-state index in [4.69, 9.17) is 23.2 Å². The number of imide groups is 1. The van der Waals surface area contributed by atoms with Gasteiger partial charge < -0.3 is 5.32 Å². The molecule has 7 heteroatoms. The molecule has 23 heavy (non-hydrogen) atoms. The molecule has 1 N–H and O–H groups in total. The van der Waals surface area contributed by atoms with E-state index < -0.39 is 17.8 Å². The maximum Gasteiger partial charge on any atom is 0.333 e. The van der Waals surface area contributed by atoms with Crippen molar-refractivity contribution < 1.29 is 14.0 Å². The second-order valence-electron chi connectivity index (χ2n) is 4.74. The van der Waals surface area contributed by atoms with Gasteiger partial charge in [0, 0.05) is 10.6 Å². The lowest BCUT2D eigenvalue weighted by atomic mass is 10.1. The first-order chi connectivity index (χ1) is 11.0. The number of nitrogens with one attached hydrogen (secondary N) is 1. The molecule has 3 amide bonds. The van der Waals surface area contributed by atoms with Crippen molar-refractivity contribution >= 4 is 46.9 Å². The number of hydrogen-bond donors (Lipinski definition) is 1. The van der Waals surface area contributed by atoms with Gasteiger partial charge in [-0.25, -0.2) is 14.1 Å². The normalized spacial score (nSPS) is 16.1. The molecule has 0 aromatic heterocycles. The number of carbonyl (C=O) groups excluding carboxylic acids is 2. The summed E-state index contributed by atoms with van der Waals surface area (Å²) in [6, 6.07) is 9.82. The largest absolute Gasteiger partial charge is 0.333 e. The molecule has 4 nitrogen and oxygen atoms in total. The zero-order valence-electron chi connectivity index (χ0n) is 11.5. The summed E-state index contributed by atoms with van der Waals surface area (Å²) >= 11 is 11.8. The Balaban J connectivity index is 2.00. The molecule has 1 saturated heterocycles. The molecule has 0 unspecified atom stereocenters. The standard InChI is InChI=1S/C16H9Cl2FN2O2/c17-9-3-1-4-10(7-9)21-15(22)14(20-16(21)23)8-11-12(18)5-2-6-13(11)19/h1-8H,(H,20,23)/b14-8+. The molecule has 0 bridgehead atoms. The SMILES string of the molecule is O=C1N/C(=C/c2c(F)cccc2Cl)C(=O)N1c1cccc(Cl)c1. The van der Waals surface area contributed by atoms with Gasteiger partial charge >= 0.3 is 6.03 Å². The third-order valence-electron chi connectivity index (χ3n) is 3.23. The van der Waals surface area contributed by atoms with Crippen molar-refractivity contribution in [3.05, 3.63) is 69.6 Å². The maximum absolute atomic E-state index is 13.8. The Morgan fingerprint density at radius 3 is 2.52 bits per heavy atom. The quantitative estimate of drug-likeness (QED) is 0.650. The Bertz CT molecular complexity index is 831. The van der Waals surface area contributed by atoms with Crippen LogP contribution < -0.4 is 10.2 Å². The lowest BCUT2D eigenvalue weighted by Gasteiger charge is -2.11. The Kier molecular flexibility index (Phi) is 4.07. The van der Waals surface area contributed by atoms with Crippen LogP contribution in [0, 0.1) is 5.82 Å². The molecule has 1 aliphatic heterocycles.